The number of carbonyl (C=O) groups excluding carboxylic acids is 1. The van der Waals surface area contributed by atoms with E-state index in [4.69, 9.17) is 4.74 Å². The molecular weight excluding hydrogens is 222 g/mol. The predicted molar refractivity (Wildman–Crippen MR) is 61.3 cm³/mol. The van der Waals surface area contributed by atoms with E-state index in [1.54, 1.807) is 4.90 Å². The molecule has 5 heteroatoms. The molecule has 2 rings (SSSR count). The van der Waals surface area contributed by atoms with Gasteiger partial charge >= 0.3 is 0 Å². The minimum atomic E-state index is -0.781. The molecule has 1 saturated carbocycles. The van der Waals surface area contributed by atoms with Gasteiger partial charge in [0.25, 0.3) is 0 Å². The standard InChI is InChI=1S/C12H21NO4/c1-2-17-9-3-8(4-9)5-12(16)13-6-10(14)11(15)7-13/h8-11,14-15H,2-7H2,1H3. The van der Waals surface area contributed by atoms with Crippen molar-refractivity contribution in [2.45, 2.75) is 44.5 Å². The first kappa shape index (κ1) is 12.8. The summed E-state index contributed by atoms with van der Waals surface area (Å²) in [7, 11) is 0. The molecule has 2 fully saturated rings. The Morgan fingerprint density at radius 1 is 1.29 bits per heavy atom. The van der Waals surface area contributed by atoms with Gasteiger partial charge in [-0.2, -0.15) is 0 Å². The first-order chi connectivity index (χ1) is 8.10. The van der Waals surface area contributed by atoms with Crippen LogP contribution < -0.4 is 0 Å². The highest BCUT2D eigenvalue weighted by Gasteiger charge is 2.36. The van der Waals surface area contributed by atoms with Crippen LogP contribution in [0.2, 0.25) is 0 Å². The fourth-order valence-electron chi connectivity index (χ4n) is 2.56. The molecule has 1 saturated heterocycles. The summed E-state index contributed by atoms with van der Waals surface area (Å²) in [5.74, 6) is 0.453. The first-order valence-electron chi connectivity index (χ1n) is 6.35. The molecule has 2 atom stereocenters. The third-order valence-electron chi connectivity index (χ3n) is 3.67. The number of aliphatic hydroxyl groups excluding tert-OH is 2. The fraction of sp³-hybridized carbons (Fsp3) is 0.917. The van der Waals surface area contributed by atoms with E-state index in [1.807, 2.05) is 6.92 Å². The normalized spacial score (nSPS) is 37.0. The van der Waals surface area contributed by atoms with Gasteiger partial charge in [-0.3, -0.25) is 4.79 Å². The highest BCUT2D eigenvalue weighted by atomic mass is 16.5. The first-order valence-corrected chi connectivity index (χ1v) is 6.35. The van der Waals surface area contributed by atoms with Crippen LogP contribution in [0.3, 0.4) is 0 Å². The third kappa shape index (κ3) is 2.97. The van der Waals surface area contributed by atoms with Crippen LogP contribution in [-0.4, -0.2) is 59.0 Å². The van der Waals surface area contributed by atoms with Gasteiger partial charge in [0.1, 0.15) is 0 Å². The summed E-state index contributed by atoms with van der Waals surface area (Å²) in [4.78, 5) is 13.4. The average Bonchev–Trinajstić information content (AvgIpc) is 2.56. The Morgan fingerprint density at radius 3 is 2.41 bits per heavy atom. The molecule has 2 N–H and O–H groups in total. The second-order valence-corrected chi connectivity index (χ2v) is 5.05. The Morgan fingerprint density at radius 2 is 1.88 bits per heavy atom. The molecule has 1 aliphatic carbocycles. The Labute approximate surface area is 101 Å². The highest BCUT2D eigenvalue weighted by Crippen LogP contribution is 2.33. The number of hydrogen-bond acceptors (Lipinski definition) is 4. The highest BCUT2D eigenvalue weighted by molar-refractivity contribution is 5.77. The van der Waals surface area contributed by atoms with Crippen LogP contribution in [-0.2, 0) is 9.53 Å². The van der Waals surface area contributed by atoms with E-state index in [-0.39, 0.29) is 19.0 Å². The maximum atomic E-state index is 11.9. The van der Waals surface area contributed by atoms with E-state index >= 15 is 0 Å². The van der Waals surface area contributed by atoms with E-state index in [0.717, 1.165) is 19.4 Å². The lowest BCUT2D eigenvalue weighted by Gasteiger charge is -2.35. The monoisotopic (exact) mass is 243 g/mol. The van der Waals surface area contributed by atoms with Crippen LogP contribution in [0.1, 0.15) is 26.2 Å². The summed E-state index contributed by atoms with van der Waals surface area (Å²) in [6.07, 6.45) is 1.20. The van der Waals surface area contributed by atoms with Gasteiger partial charge in [0.2, 0.25) is 5.91 Å². The zero-order valence-electron chi connectivity index (χ0n) is 10.2. The van der Waals surface area contributed by atoms with Gasteiger partial charge in [-0.05, 0) is 25.7 Å². The van der Waals surface area contributed by atoms with Gasteiger partial charge in [0.05, 0.1) is 18.3 Å². The van der Waals surface area contributed by atoms with E-state index < -0.39 is 12.2 Å². The van der Waals surface area contributed by atoms with Crippen molar-refractivity contribution >= 4 is 5.91 Å². The van der Waals surface area contributed by atoms with Crippen molar-refractivity contribution < 1.29 is 19.7 Å². The summed E-state index contributed by atoms with van der Waals surface area (Å²) in [6.45, 7) is 3.24. The zero-order chi connectivity index (χ0) is 12.4. The minimum Gasteiger partial charge on any atom is -0.388 e. The van der Waals surface area contributed by atoms with Crippen molar-refractivity contribution in [1.29, 1.82) is 0 Å². The van der Waals surface area contributed by atoms with Gasteiger partial charge in [-0.15, -0.1) is 0 Å². The predicted octanol–water partition coefficient (Wildman–Crippen LogP) is -0.244. The second kappa shape index (κ2) is 5.33. The van der Waals surface area contributed by atoms with Crippen LogP contribution in [0.25, 0.3) is 0 Å². The van der Waals surface area contributed by atoms with Gasteiger partial charge in [0, 0.05) is 26.1 Å². The summed E-state index contributed by atoms with van der Waals surface area (Å²) < 4.78 is 5.44. The number of rotatable bonds is 4. The van der Waals surface area contributed by atoms with Crippen molar-refractivity contribution in [2.24, 2.45) is 5.92 Å². The molecule has 2 unspecified atom stereocenters. The van der Waals surface area contributed by atoms with E-state index in [9.17, 15) is 15.0 Å². The van der Waals surface area contributed by atoms with Crippen molar-refractivity contribution in [3.05, 3.63) is 0 Å². The summed E-state index contributed by atoms with van der Waals surface area (Å²) in [5.41, 5.74) is 0. The topological polar surface area (TPSA) is 70.0 Å². The lowest BCUT2D eigenvalue weighted by Crippen LogP contribution is -2.37. The maximum Gasteiger partial charge on any atom is 0.223 e. The number of carbonyl (C=O) groups is 1. The van der Waals surface area contributed by atoms with Crippen LogP contribution in [0.4, 0.5) is 0 Å². The SMILES string of the molecule is CCOC1CC(CC(=O)N2CC(O)C(O)C2)C1. The Kier molecular flexibility index (Phi) is 4.01. The number of nitrogens with zero attached hydrogens (tertiary/aromatic N) is 1. The van der Waals surface area contributed by atoms with Gasteiger partial charge in [-0.25, -0.2) is 0 Å². The molecule has 0 aromatic carbocycles. The number of aliphatic hydroxyl groups is 2. The van der Waals surface area contributed by atoms with E-state index in [0.29, 0.717) is 18.4 Å². The molecule has 1 amide bonds. The molecule has 98 valence electrons. The Balaban J connectivity index is 1.69. The molecule has 0 spiro atoms. The van der Waals surface area contributed by atoms with Gasteiger partial charge in [-0.1, -0.05) is 0 Å². The van der Waals surface area contributed by atoms with Crippen LogP contribution in [0, 0.1) is 5.92 Å². The largest absolute Gasteiger partial charge is 0.388 e. The zero-order valence-corrected chi connectivity index (χ0v) is 10.2. The quantitative estimate of drug-likeness (QED) is 0.714. The number of amides is 1. The lowest BCUT2D eigenvalue weighted by molar-refractivity contribution is -0.134. The molecule has 0 bridgehead atoms. The number of ether oxygens (including phenoxy) is 1. The molecule has 17 heavy (non-hydrogen) atoms. The number of hydrogen-bond donors (Lipinski definition) is 2. The van der Waals surface area contributed by atoms with Crippen molar-refractivity contribution in [3.8, 4) is 0 Å². The molecule has 1 aliphatic heterocycles. The third-order valence-corrected chi connectivity index (χ3v) is 3.67. The van der Waals surface area contributed by atoms with Gasteiger partial charge < -0.3 is 19.8 Å². The fourth-order valence-corrected chi connectivity index (χ4v) is 2.56. The molecule has 1 heterocycles. The van der Waals surface area contributed by atoms with Crippen LogP contribution in [0.15, 0.2) is 0 Å². The maximum absolute atomic E-state index is 11.9. The second-order valence-electron chi connectivity index (χ2n) is 5.05. The molecular formula is C12H21NO4. The Bertz CT molecular complexity index is 268. The van der Waals surface area contributed by atoms with Crippen LogP contribution >= 0.6 is 0 Å². The average molecular weight is 243 g/mol. The molecule has 2 aliphatic rings. The number of likely N-dealkylation sites (tertiary alicyclic amines) is 1. The Hall–Kier alpha value is -0.650. The minimum absolute atomic E-state index is 0.0422. The summed E-state index contributed by atoms with van der Waals surface area (Å²) >= 11 is 0. The number of β-amino-alcohol motifs (C(OH)–C–C–N with tert-alkyl or cyclic N) is 2. The lowest BCUT2D eigenvalue weighted by atomic mass is 9.80. The smallest absolute Gasteiger partial charge is 0.223 e. The van der Waals surface area contributed by atoms with E-state index in [2.05, 4.69) is 0 Å². The molecule has 0 radical (unpaired) electrons. The van der Waals surface area contributed by atoms with E-state index in [1.165, 1.54) is 0 Å². The van der Waals surface area contributed by atoms with Gasteiger partial charge in [0.15, 0.2) is 0 Å². The van der Waals surface area contributed by atoms with Crippen molar-refractivity contribution in [3.63, 3.8) is 0 Å². The summed E-state index contributed by atoms with van der Waals surface area (Å²) in [6, 6.07) is 0. The van der Waals surface area contributed by atoms with Crippen molar-refractivity contribution in [1.82, 2.24) is 4.90 Å². The molecule has 0 aromatic rings. The summed E-state index contributed by atoms with van der Waals surface area (Å²) in [5, 5.41) is 18.7. The molecule has 0 aromatic heterocycles. The van der Waals surface area contributed by atoms with Crippen LogP contribution in [0.5, 0.6) is 0 Å². The van der Waals surface area contributed by atoms with Crippen molar-refractivity contribution in [2.75, 3.05) is 19.7 Å². The molecule has 5 nitrogen and oxygen atoms in total.